The third-order valence-corrected chi connectivity index (χ3v) is 3.07. The first kappa shape index (κ1) is 6.12. The van der Waals surface area contributed by atoms with E-state index < -0.39 is 12.0 Å². The average Bonchev–Trinajstić information content (AvgIpc) is 2.41. The fourth-order valence-corrected chi connectivity index (χ4v) is 2.57. The molecule has 0 N–H and O–H groups in total. The fourth-order valence-electron chi connectivity index (χ4n) is 2.57. The molecular formula is C8H8F2O. The van der Waals surface area contributed by atoms with E-state index in [-0.39, 0.29) is 17.9 Å². The Morgan fingerprint density at radius 1 is 1.27 bits per heavy atom. The molecule has 2 fully saturated rings. The SMILES string of the molecule is FC1(F)OC2C1[C@H]1C=C[C@@H]2C1. The Morgan fingerprint density at radius 2 is 2.00 bits per heavy atom. The van der Waals surface area contributed by atoms with E-state index in [2.05, 4.69) is 4.74 Å². The third kappa shape index (κ3) is 0.549. The van der Waals surface area contributed by atoms with Crippen LogP contribution in [0.15, 0.2) is 12.2 Å². The van der Waals surface area contributed by atoms with Crippen molar-refractivity contribution in [3.05, 3.63) is 12.2 Å². The average molecular weight is 158 g/mol. The number of allylic oxidation sites excluding steroid dienone is 1. The summed E-state index contributed by atoms with van der Waals surface area (Å²) < 4.78 is 29.9. The molecule has 1 saturated carbocycles. The van der Waals surface area contributed by atoms with Crippen molar-refractivity contribution in [2.24, 2.45) is 17.8 Å². The summed E-state index contributed by atoms with van der Waals surface area (Å²) >= 11 is 0. The lowest BCUT2D eigenvalue weighted by Gasteiger charge is -2.44. The van der Waals surface area contributed by atoms with Gasteiger partial charge in [0, 0.05) is 5.92 Å². The minimum absolute atomic E-state index is 0.0914. The lowest BCUT2D eigenvalue weighted by Crippen LogP contribution is -2.56. The summed E-state index contributed by atoms with van der Waals surface area (Å²) in [5.74, 6) is -0.129. The van der Waals surface area contributed by atoms with Crippen LogP contribution >= 0.6 is 0 Å². The lowest BCUT2D eigenvalue weighted by atomic mass is 9.85. The molecule has 60 valence electrons. The molecule has 3 rings (SSSR count). The second kappa shape index (κ2) is 1.51. The highest BCUT2D eigenvalue weighted by Crippen LogP contribution is 2.59. The summed E-state index contributed by atoms with van der Waals surface area (Å²) in [4.78, 5) is 0. The van der Waals surface area contributed by atoms with Crippen LogP contribution in [0.3, 0.4) is 0 Å². The Bertz CT molecular complexity index is 236. The van der Waals surface area contributed by atoms with E-state index in [0.717, 1.165) is 6.42 Å². The maximum absolute atomic E-state index is 12.7. The van der Waals surface area contributed by atoms with Crippen molar-refractivity contribution in [1.82, 2.24) is 0 Å². The molecule has 2 unspecified atom stereocenters. The minimum Gasteiger partial charge on any atom is -0.316 e. The van der Waals surface area contributed by atoms with E-state index >= 15 is 0 Å². The first-order valence-corrected chi connectivity index (χ1v) is 3.92. The molecule has 0 aromatic heterocycles. The molecule has 0 aromatic carbocycles. The van der Waals surface area contributed by atoms with E-state index in [1.165, 1.54) is 0 Å². The van der Waals surface area contributed by atoms with Crippen LogP contribution in [0, 0.1) is 17.8 Å². The molecule has 1 nitrogen and oxygen atoms in total. The monoisotopic (exact) mass is 158 g/mol. The fraction of sp³-hybridized carbons (Fsp3) is 0.750. The first-order valence-electron chi connectivity index (χ1n) is 3.92. The van der Waals surface area contributed by atoms with Crippen molar-refractivity contribution in [2.75, 3.05) is 0 Å². The van der Waals surface area contributed by atoms with Crippen LogP contribution in [-0.2, 0) is 4.74 Å². The smallest absolute Gasteiger partial charge is 0.316 e. The predicted molar refractivity (Wildman–Crippen MR) is 34.0 cm³/mol. The molecule has 2 aliphatic carbocycles. The van der Waals surface area contributed by atoms with Crippen LogP contribution in [0.25, 0.3) is 0 Å². The molecule has 3 heteroatoms. The van der Waals surface area contributed by atoms with Gasteiger partial charge in [0.25, 0.3) is 0 Å². The van der Waals surface area contributed by atoms with Crippen molar-refractivity contribution < 1.29 is 13.5 Å². The number of halogens is 2. The Kier molecular flexibility index (Phi) is 0.838. The van der Waals surface area contributed by atoms with Crippen molar-refractivity contribution in [3.8, 4) is 0 Å². The summed E-state index contributed by atoms with van der Waals surface area (Å²) in [6.07, 6.45) is 1.82. The van der Waals surface area contributed by atoms with Gasteiger partial charge in [-0.25, -0.2) is 0 Å². The van der Waals surface area contributed by atoms with E-state index in [1.54, 1.807) is 0 Å². The Balaban J connectivity index is 1.97. The minimum atomic E-state index is -2.82. The molecule has 3 aliphatic rings. The van der Waals surface area contributed by atoms with Crippen LogP contribution in [-0.4, -0.2) is 12.2 Å². The molecule has 2 bridgehead atoms. The maximum atomic E-state index is 12.7. The van der Waals surface area contributed by atoms with Crippen LogP contribution in [0.2, 0.25) is 0 Å². The van der Waals surface area contributed by atoms with Gasteiger partial charge in [0.2, 0.25) is 0 Å². The molecule has 0 radical (unpaired) electrons. The van der Waals surface area contributed by atoms with Crippen molar-refractivity contribution in [3.63, 3.8) is 0 Å². The van der Waals surface area contributed by atoms with Gasteiger partial charge in [-0.1, -0.05) is 12.2 Å². The Morgan fingerprint density at radius 3 is 2.55 bits per heavy atom. The van der Waals surface area contributed by atoms with Crippen LogP contribution in [0.1, 0.15) is 6.42 Å². The molecule has 0 amide bonds. The number of fused-ring (bicyclic) bond motifs is 5. The molecule has 1 saturated heterocycles. The molecule has 11 heavy (non-hydrogen) atoms. The molecule has 1 aliphatic heterocycles. The maximum Gasteiger partial charge on any atom is 0.361 e. The molecular weight excluding hydrogens is 150 g/mol. The number of ether oxygens (including phenoxy) is 1. The first-order chi connectivity index (χ1) is 5.18. The van der Waals surface area contributed by atoms with E-state index in [9.17, 15) is 8.78 Å². The Hall–Kier alpha value is -0.440. The van der Waals surface area contributed by atoms with Crippen LogP contribution < -0.4 is 0 Å². The molecule has 4 atom stereocenters. The second-order valence-corrected chi connectivity index (χ2v) is 3.62. The summed E-state index contributed by atoms with van der Waals surface area (Å²) in [6, 6.07) is 0. The molecule has 0 aromatic rings. The van der Waals surface area contributed by atoms with Gasteiger partial charge in [-0.3, -0.25) is 0 Å². The predicted octanol–water partition coefficient (Wildman–Crippen LogP) is 1.80. The van der Waals surface area contributed by atoms with Gasteiger partial charge in [-0.15, -0.1) is 0 Å². The highest BCUT2D eigenvalue weighted by atomic mass is 19.3. The molecule has 0 spiro atoms. The van der Waals surface area contributed by atoms with Crippen molar-refractivity contribution in [1.29, 1.82) is 0 Å². The lowest BCUT2D eigenvalue weighted by molar-refractivity contribution is -0.396. The van der Waals surface area contributed by atoms with Gasteiger partial charge in [-0.2, -0.15) is 8.78 Å². The van der Waals surface area contributed by atoms with Gasteiger partial charge in [-0.05, 0) is 12.3 Å². The van der Waals surface area contributed by atoms with Gasteiger partial charge in [0.05, 0.1) is 12.0 Å². The van der Waals surface area contributed by atoms with E-state index in [1.807, 2.05) is 12.2 Å². The largest absolute Gasteiger partial charge is 0.361 e. The van der Waals surface area contributed by atoms with Crippen LogP contribution in [0.4, 0.5) is 8.78 Å². The molecule has 1 heterocycles. The zero-order valence-corrected chi connectivity index (χ0v) is 5.84. The second-order valence-electron chi connectivity index (χ2n) is 3.62. The van der Waals surface area contributed by atoms with Crippen molar-refractivity contribution in [2.45, 2.75) is 18.6 Å². The van der Waals surface area contributed by atoms with E-state index in [0.29, 0.717) is 0 Å². The Labute approximate surface area is 63.0 Å². The third-order valence-electron chi connectivity index (χ3n) is 3.07. The zero-order chi connectivity index (χ0) is 7.64. The van der Waals surface area contributed by atoms with Gasteiger partial charge < -0.3 is 4.74 Å². The van der Waals surface area contributed by atoms with Gasteiger partial charge >= 0.3 is 6.11 Å². The highest BCUT2D eigenvalue weighted by Gasteiger charge is 2.67. The summed E-state index contributed by atoms with van der Waals surface area (Å²) in [7, 11) is 0. The van der Waals surface area contributed by atoms with E-state index in [4.69, 9.17) is 0 Å². The van der Waals surface area contributed by atoms with Crippen molar-refractivity contribution >= 4 is 0 Å². The summed E-state index contributed by atoms with van der Waals surface area (Å²) in [5.41, 5.74) is 0. The number of hydrogen-bond acceptors (Lipinski definition) is 1. The van der Waals surface area contributed by atoms with Gasteiger partial charge in [0.15, 0.2) is 0 Å². The highest BCUT2D eigenvalue weighted by molar-refractivity contribution is 5.19. The quantitative estimate of drug-likeness (QED) is 0.488. The summed E-state index contributed by atoms with van der Waals surface area (Å²) in [6.45, 7) is 0. The zero-order valence-electron chi connectivity index (χ0n) is 5.84. The normalized spacial score (nSPS) is 55.8. The summed E-state index contributed by atoms with van der Waals surface area (Å²) in [5, 5.41) is 0. The number of rotatable bonds is 0. The van der Waals surface area contributed by atoms with Crippen LogP contribution in [0.5, 0.6) is 0 Å². The number of alkyl halides is 2. The van der Waals surface area contributed by atoms with Gasteiger partial charge in [0.1, 0.15) is 0 Å². The number of hydrogen-bond donors (Lipinski definition) is 0. The standard InChI is InChI=1S/C8H8F2O/c9-8(10)6-4-1-2-5(3-4)7(6)11-8/h1-2,4-7H,3H2/t4-,5+,6?,7?/m0/s1. The topological polar surface area (TPSA) is 9.23 Å².